The van der Waals surface area contributed by atoms with E-state index < -0.39 is 12.1 Å². The van der Waals surface area contributed by atoms with Crippen molar-refractivity contribution in [1.29, 1.82) is 0 Å². The normalized spacial score (nSPS) is 12.9. The predicted molar refractivity (Wildman–Crippen MR) is 53.3 cm³/mol. The van der Waals surface area contributed by atoms with Crippen LogP contribution in [0.1, 0.15) is 18.1 Å². The highest BCUT2D eigenvalue weighted by Crippen LogP contribution is 2.24. The van der Waals surface area contributed by atoms with Gasteiger partial charge in [0.15, 0.2) is 0 Å². The monoisotopic (exact) mass is 206 g/mol. The number of H-pyrrole nitrogens is 1. The number of nitrogens with zero attached hydrogens (tertiary/aromatic N) is 1. The Kier molecular flexibility index (Phi) is 2.39. The maximum absolute atomic E-state index is 10.5. The van der Waals surface area contributed by atoms with Gasteiger partial charge < -0.3 is 15.2 Å². The average Bonchev–Trinajstić information content (AvgIpc) is 2.59. The lowest BCUT2D eigenvalue weighted by molar-refractivity contribution is -0.139. The summed E-state index contributed by atoms with van der Waals surface area (Å²) in [7, 11) is 0. The third-order valence-electron chi connectivity index (χ3n) is 2.21. The van der Waals surface area contributed by atoms with Crippen LogP contribution in [0.4, 0.5) is 0 Å². The fourth-order valence-corrected chi connectivity index (χ4v) is 1.53. The molecule has 5 nitrogen and oxygen atoms in total. The van der Waals surface area contributed by atoms with Crippen LogP contribution in [0.2, 0.25) is 0 Å². The number of fused-ring (bicyclic) bond motifs is 1. The Hall–Kier alpha value is -1.88. The van der Waals surface area contributed by atoms with E-state index in [0.717, 1.165) is 5.39 Å². The van der Waals surface area contributed by atoms with Crippen molar-refractivity contribution in [1.82, 2.24) is 9.97 Å². The summed E-state index contributed by atoms with van der Waals surface area (Å²) in [5.41, 5.74) is 1.22. The summed E-state index contributed by atoms with van der Waals surface area (Å²) in [5, 5.41) is 19.0. The van der Waals surface area contributed by atoms with Gasteiger partial charge in [0.25, 0.3) is 0 Å². The standard InChI is InChI=1S/C10H10N2O3/c13-8(4-9(14)15)7-5-12-10-6(7)2-1-3-11-10/h1-3,5,8,13H,4H2,(H,11,12)(H,14,15)/t8-/m0/s1. The van der Waals surface area contributed by atoms with Gasteiger partial charge in [0.1, 0.15) is 5.65 Å². The zero-order chi connectivity index (χ0) is 10.8. The van der Waals surface area contributed by atoms with Gasteiger partial charge in [-0.25, -0.2) is 4.98 Å². The molecule has 0 fully saturated rings. The van der Waals surface area contributed by atoms with Crippen molar-refractivity contribution in [2.45, 2.75) is 12.5 Å². The molecule has 2 rings (SSSR count). The van der Waals surface area contributed by atoms with Crippen molar-refractivity contribution in [2.24, 2.45) is 0 Å². The van der Waals surface area contributed by atoms with Crippen molar-refractivity contribution in [2.75, 3.05) is 0 Å². The largest absolute Gasteiger partial charge is 0.481 e. The lowest BCUT2D eigenvalue weighted by Gasteiger charge is -2.05. The molecule has 0 bridgehead atoms. The molecule has 2 aromatic heterocycles. The number of rotatable bonds is 3. The van der Waals surface area contributed by atoms with Crippen LogP contribution in [0.3, 0.4) is 0 Å². The van der Waals surface area contributed by atoms with E-state index >= 15 is 0 Å². The first kappa shape index (κ1) is 9.67. The van der Waals surface area contributed by atoms with Gasteiger partial charge in [-0.2, -0.15) is 0 Å². The van der Waals surface area contributed by atoms with Crippen LogP contribution in [0, 0.1) is 0 Å². The second-order valence-electron chi connectivity index (χ2n) is 3.26. The molecule has 0 aromatic carbocycles. The van der Waals surface area contributed by atoms with Crippen LogP contribution in [0.15, 0.2) is 24.5 Å². The van der Waals surface area contributed by atoms with Gasteiger partial charge in [0, 0.05) is 23.3 Å². The zero-order valence-electron chi connectivity index (χ0n) is 7.84. The van der Waals surface area contributed by atoms with Crippen LogP contribution < -0.4 is 0 Å². The number of hydrogen-bond acceptors (Lipinski definition) is 3. The summed E-state index contributed by atoms with van der Waals surface area (Å²) in [5.74, 6) is -1.03. The molecule has 2 heterocycles. The maximum atomic E-state index is 10.5. The summed E-state index contributed by atoms with van der Waals surface area (Å²) >= 11 is 0. The fourth-order valence-electron chi connectivity index (χ4n) is 1.53. The molecule has 0 saturated heterocycles. The first-order valence-corrected chi connectivity index (χ1v) is 4.50. The van der Waals surface area contributed by atoms with Crippen LogP contribution in [-0.2, 0) is 4.79 Å². The SMILES string of the molecule is O=C(O)C[C@H](O)c1c[nH]c2ncccc12. The van der Waals surface area contributed by atoms with Crippen molar-refractivity contribution >= 4 is 17.0 Å². The Morgan fingerprint density at radius 1 is 1.60 bits per heavy atom. The Morgan fingerprint density at radius 3 is 3.13 bits per heavy atom. The van der Waals surface area contributed by atoms with Crippen molar-refractivity contribution < 1.29 is 15.0 Å². The Morgan fingerprint density at radius 2 is 2.40 bits per heavy atom. The van der Waals surface area contributed by atoms with Gasteiger partial charge >= 0.3 is 5.97 Å². The number of carboxylic acids is 1. The highest BCUT2D eigenvalue weighted by Gasteiger charge is 2.16. The number of nitrogens with one attached hydrogen (secondary N) is 1. The first-order chi connectivity index (χ1) is 7.18. The Balaban J connectivity index is 2.39. The average molecular weight is 206 g/mol. The van der Waals surface area contributed by atoms with E-state index in [-0.39, 0.29) is 6.42 Å². The summed E-state index contributed by atoms with van der Waals surface area (Å²) in [6, 6.07) is 3.53. The molecule has 0 spiro atoms. The first-order valence-electron chi connectivity index (χ1n) is 4.50. The number of carboxylic acid groups (broad SMARTS) is 1. The molecule has 5 heteroatoms. The van der Waals surface area contributed by atoms with Crippen molar-refractivity contribution in [3.05, 3.63) is 30.1 Å². The van der Waals surface area contributed by atoms with E-state index in [1.54, 1.807) is 24.5 Å². The third-order valence-corrected chi connectivity index (χ3v) is 2.21. The van der Waals surface area contributed by atoms with Crippen molar-refractivity contribution in [3.63, 3.8) is 0 Å². The minimum absolute atomic E-state index is 0.304. The quantitative estimate of drug-likeness (QED) is 0.701. The second kappa shape index (κ2) is 3.70. The summed E-state index contributed by atoms with van der Waals surface area (Å²) in [4.78, 5) is 17.4. The lowest BCUT2D eigenvalue weighted by atomic mass is 10.1. The number of hydrogen-bond donors (Lipinski definition) is 3. The van der Waals surface area contributed by atoms with Gasteiger partial charge in [0.05, 0.1) is 12.5 Å². The van der Waals surface area contributed by atoms with Crippen molar-refractivity contribution in [3.8, 4) is 0 Å². The number of aliphatic hydroxyl groups excluding tert-OH is 1. The minimum atomic E-state index is -1.03. The molecular weight excluding hydrogens is 196 g/mol. The molecular formula is C10H10N2O3. The predicted octanol–water partition coefficient (Wildman–Crippen LogP) is 1.07. The number of aliphatic carboxylic acids is 1. The lowest BCUT2D eigenvalue weighted by Crippen LogP contribution is -2.04. The third kappa shape index (κ3) is 1.82. The van der Waals surface area contributed by atoms with E-state index in [2.05, 4.69) is 9.97 Å². The van der Waals surface area contributed by atoms with Gasteiger partial charge in [0.2, 0.25) is 0 Å². The van der Waals surface area contributed by atoms with Gasteiger partial charge in [-0.05, 0) is 12.1 Å². The molecule has 0 aliphatic heterocycles. The summed E-state index contributed by atoms with van der Waals surface area (Å²) < 4.78 is 0. The number of aliphatic hydroxyl groups is 1. The molecule has 0 unspecified atom stereocenters. The van der Waals surface area contributed by atoms with Gasteiger partial charge in [-0.1, -0.05) is 0 Å². The molecule has 0 saturated carbocycles. The molecule has 0 aliphatic carbocycles. The number of carbonyl (C=O) groups is 1. The molecule has 3 N–H and O–H groups in total. The maximum Gasteiger partial charge on any atom is 0.306 e. The van der Waals surface area contributed by atoms with Gasteiger partial charge in [-0.15, -0.1) is 0 Å². The highest BCUT2D eigenvalue weighted by molar-refractivity contribution is 5.80. The van der Waals surface area contributed by atoms with E-state index in [0.29, 0.717) is 11.2 Å². The van der Waals surface area contributed by atoms with Crippen LogP contribution >= 0.6 is 0 Å². The highest BCUT2D eigenvalue weighted by atomic mass is 16.4. The molecule has 0 amide bonds. The molecule has 0 aliphatic rings. The fraction of sp³-hybridized carbons (Fsp3) is 0.200. The number of pyridine rings is 1. The molecule has 15 heavy (non-hydrogen) atoms. The minimum Gasteiger partial charge on any atom is -0.481 e. The summed E-state index contributed by atoms with van der Waals surface area (Å²) in [6.45, 7) is 0. The van der Waals surface area contributed by atoms with Gasteiger partial charge in [-0.3, -0.25) is 4.79 Å². The Labute approximate surface area is 85.4 Å². The molecule has 78 valence electrons. The smallest absolute Gasteiger partial charge is 0.306 e. The molecule has 0 radical (unpaired) electrons. The molecule has 1 atom stereocenters. The zero-order valence-corrected chi connectivity index (χ0v) is 7.84. The second-order valence-corrected chi connectivity index (χ2v) is 3.26. The van der Waals surface area contributed by atoms with Crippen LogP contribution in [0.25, 0.3) is 11.0 Å². The van der Waals surface area contributed by atoms with E-state index in [1.807, 2.05) is 0 Å². The van der Waals surface area contributed by atoms with Crippen LogP contribution in [0.5, 0.6) is 0 Å². The van der Waals surface area contributed by atoms with E-state index in [1.165, 1.54) is 0 Å². The van der Waals surface area contributed by atoms with E-state index in [4.69, 9.17) is 5.11 Å². The molecule has 2 aromatic rings. The van der Waals surface area contributed by atoms with E-state index in [9.17, 15) is 9.90 Å². The summed E-state index contributed by atoms with van der Waals surface area (Å²) in [6.07, 6.45) is 1.92. The van der Waals surface area contributed by atoms with Crippen LogP contribution in [-0.4, -0.2) is 26.2 Å². The topological polar surface area (TPSA) is 86.2 Å². The Bertz CT molecular complexity index is 492. The number of aromatic nitrogens is 2. The number of aromatic amines is 1.